The number of hydrogen-bond acceptors (Lipinski definition) is 4. The predicted molar refractivity (Wildman–Crippen MR) is 160 cm³/mol. The molecular formula is C30H36ClFN4O4S. The number of hydrogen-bond donors (Lipinski definition) is 1. The zero-order valence-corrected chi connectivity index (χ0v) is 25.2. The minimum Gasteiger partial charge on any atom is -0.354 e. The van der Waals surface area contributed by atoms with E-state index < -0.39 is 40.4 Å². The third-order valence-electron chi connectivity index (χ3n) is 6.39. The first-order valence-electron chi connectivity index (χ1n) is 13.2. The second kappa shape index (κ2) is 14.4. The molecule has 8 nitrogen and oxygen atoms in total. The lowest BCUT2D eigenvalue weighted by molar-refractivity contribution is -0.140. The minimum atomic E-state index is -4.30. The molecule has 0 aliphatic rings. The number of benzene rings is 3. The fourth-order valence-electron chi connectivity index (χ4n) is 4.14. The van der Waals surface area contributed by atoms with E-state index in [-0.39, 0.29) is 24.6 Å². The molecule has 0 heterocycles. The maximum atomic E-state index is 14.9. The molecule has 0 saturated heterocycles. The van der Waals surface area contributed by atoms with Crippen LogP contribution in [0, 0.1) is 11.7 Å². The summed E-state index contributed by atoms with van der Waals surface area (Å²) in [6.45, 7) is 3.48. The monoisotopic (exact) mass is 602 g/mol. The molecule has 0 saturated carbocycles. The average Bonchev–Trinajstić information content (AvgIpc) is 2.94. The summed E-state index contributed by atoms with van der Waals surface area (Å²) >= 11 is 6.46. The van der Waals surface area contributed by atoms with Gasteiger partial charge in [-0.05, 0) is 35.2 Å². The standard InChI is InChI=1S/C30H36ClFN4O4S/c1-22(2)19-33-30(38)28(18-23-12-6-5-7-13-23)35(20-24-14-8-9-15-25(24)31)29(37)21-36(41(39,40)34(3)4)27-17-11-10-16-26(27)32/h5-17,22,28H,18-21H2,1-4H3,(H,33,38)/t28-/m0/s1. The summed E-state index contributed by atoms with van der Waals surface area (Å²) in [5, 5.41) is 3.30. The van der Waals surface area contributed by atoms with E-state index in [0.29, 0.717) is 17.1 Å². The van der Waals surface area contributed by atoms with Gasteiger partial charge in [-0.25, -0.2) is 8.70 Å². The van der Waals surface area contributed by atoms with E-state index in [1.807, 2.05) is 44.2 Å². The molecular weight excluding hydrogens is 567 g/mol. The second-order valence-corrected chi connectivity index (χ2v) is 12.7. The lowest BCUT2D eigenvalue weighted by Gasteiger charge is -2.34. The highest BCUT2D eigenvalue weighted by Crippen LogP contribution is 2.25. The van der Waals surface area contributed by atoms with Crippen molar-refractivity contribution in [3.05, 3.63) is 101 Å². The smallest absolute Gasteiger partial charge is 0.304 e. The van der Waals surface area contributed by atoms with Crippen molar-refractivity contribution < 1.29 is 22.4 Å². The Labute approximate surface area is 246 Å². The highest BCUT2D eigenvalue weighted by atomic mass is 35.5. The number of anilines is 1. The molecule has 0 fully saturated rings. The van der Waals surface area contributed by atoms with E-state index in [0.717, 1.165) is 20.2 Å². The van der Waals surface area contributed by atoms with Gasteiger partial charge in [-0.15, -0.1) is 0 Å². The van der Waals surface area contributed by atoms with Crippen LogP contribution in [0.4, 0.5) is 10.1 Å². The molecule has 0 aliphatic carbocycles. The first kappa shape index (κ1) is 32.0. The number of carbonyl (C=O) groups excluding carboxylic acids is 2. The van der Waals surface area contributed by atoms with Crippen LogP contribution >= 0.6 is 11.6 Å². The topological polar surface area (TPSA) is 90.0 Å². The Hall–Kier alpha value is -3.47. The Balaban J connectivity index is 2.11. The van der Waals surface area contributed by atoms with Crippen LogP contribution in [0.25, 0.3) is 0 Å². The van der Waals surface area contributed by atoms with Gasteiger partial charge in [-0.1, -0.05) is 86.1 Å². The van der Waals surface area contributed by atoms with Crippen LogP contribution < -0.4 is 9.62 Å². The van der Waals surface area contributed by atoms with Gasteiger partial charge >= 0.3 is 10.2 Å². The number of para-hydroxylation sites is 1. The number of amides is 2. The number of halogens is 2. The molecule has 1 atom stereocenters. The molecule has 0 radical (unpaired) electrons. The molecule has 3 aromatic rings. The summed E-state index contributed by atoms with van der Waals surface area (Å²) in [5.74, 6) is -1.74. The number of nitrogens with zero attached hydrogens (tertiary/aromatic N) is 3. The molecule has 3 aromatic carbocycles. The maximum Gasteiger partial charge on any atom is 0.304 e. The summed E-state index contributed by atoms with van der Waals surface area (Å²) in [4.78, 5) is 29.1. The average molecular weight is 603 g/mol. The fraction of sp³-hybridized carbons (Fsp3) is 0.333. The van der Waals surface area contributed by atoms with E-state index in [1.54, 1.807) is 24.3 Å². The van der Waals surface area contributed by atoms with Gasteiger partial charge in [0.25, 0.3) is 0 Å². The Bertz CT molecular complexity index is 1440. The number of carbonyl (C=O) groups is 2. The Morgan fingerprint density at radius 1 is 0.927 bits per heavy atom. The van der Waals surface area contributed by atoms with Crippen LogP contribution in [-0.4, -0.2) is 62.7 Å². The van der Waals surface area contributed by atoms with Gasteiger partial charge in [-0.2, -0.15) is 12.7 Å². The maximum absolute atomic E-state index is 14.9. The largest absolute Gasteiger partial charge is 0.354 e. The van der Waals surface area contributed by atoms with Crippen molar-refractivity contribution in [1.82, 2.24) is 14.5 Å². The highest BCUT2D eigenvalue weighted by molar-refractivity contribution is 7.90. The number of rotatable bonds is 13. The molecule has 41 heavy (non-hydrogen) atoms. The highest BCUT2D eigenvalue weighted by Gasteiger charge is 2.35. The molecule has 3 rings (SSSR count). The van der Waals surface area contributed by atoms with Crippen molar-refractivity contribution in [2.24, 2.45) is 5.92 Å². The van der Waals surface area contributed by atoms with E-state index in [9.17, 15) is 22.4 Å². The molecule has 2 amide bonds. The van der Waals surface area contributed by atoms with Gasteiger partial charge in [0.1, 0.15) is 18.4 Å². The van der Waals surface area contributed by atoms with Crippen LogP contribution in [0.15, 0.2) is 78.9 Å². The van der Waals surface area contributed by atoms with Gasteiger partial charge in [0, 0.05) is 38.6 Å². The zero-order chi connectivity index (χ0) is 30.2. The van der Waals surface area contributed by atoms with Gasteiger partial charge in [0.2, 0.25) is 11.8 Å². The van der Waals surface area contributed by atoms with Crippen LogP contribution in [0.2, 0.25) is 5.02 Å². The van der Waals surface area contributed by atoms with Crippen molar-refractivity contribution >= 4 is 39.3 Å². The lowest BCUT2D eigenvalue weighted by atomic mass is 10.0. The SMILES string of the molecule is CC(C)CNC(=O)[C@H](Cc1ccccc1)N(Cc1ccccc1Cl)C(=O)CN(c1ccccc1F)S(=O)(=O)N(C)C. The molecule has 0 aromatic heterocycles. The van der Waals surface area contributed by atoms with Crippen molar-refractivity contribution in [3.8, 4) is 0 Å². The van der Waals surface area contributed by atoms with Crippen LogP contribution in [-0.2, 0) is 32.8 Å². The van der Waals surface area contributed by atoms with E-state index in [4.69, 9.17) is 11.6 Å². The van der Waals surface area contributed by atoms with Gasteiger partial charge in [0.05, 0.1) is 5.69 Å². The van der Waals surface area contributed by atoms with Gasteiger partial charge in [0.15, 0.2) is 0 Å². The predicted octanol–water partition coefficient (Wildman–Crippen LogP) is 4.50. The van der Waals surface area contributed by atoms with Crippen LogP contribution in [0.1, 0.15) is 25.0 Å². The third kappa shape index (κ3) is 8.51. The van der Waals surface area contributed by atoms with E-state index >= 15 is 0 Å². The van der Waals surface area contributed by atoms with E-state index in [1.165, 1.54) is 37.2 Å². The summed E-state index contributed by atoms with van der Waals surface area (Å²) in [6.07, 6.45) is 0.168. The molecule has 1 N–H and O–H groups in total. The summed E-state index contributed by atoms with van der Waals surface area (Å²) in [6, 6.07) is 20.5. The molecule has 0 bridgehead atoms. The van der Waals surface area contributed by atoms with Gasteiger partial charge < -0.3 is 10.2 Å². The summed E-state index contributed by atoms with van der Waals surface area (Å²) in [5.41, 5.74) is 1.10. The van der Waals surface area contributed by atoms with Crippen LogP contribution in [0.5, 0.6) is 0 Å². The Kier molecular flexibility index (Phi) is 11.3. The first-order valence-corrected chi connectivity index (χ1v) is 15.0. The molecule has 0 aliphatic heterocycles. The first-order chi connectivity index (χ1) is 19.4. The molecule has 0 spiro atoms. The molecule has 11 heteroatoms. The molecule has 220 valence electrons. The van der Waals surface area contributed by atoms with Crippen molar-refractivity contribution in [3.63, 3.8) is 0 Å². The third-order valence-corrected chi connectivity index (χ3v) is 8.57. The zero-order valence-electron chi connectivity index (χ0n) is 23.6. The lowest BCUT2D eigenvalue weighted by Crippen LogP contribution is -2.54. The quantitative estimate of drug-likeness (QED) is 0.312. The molecule has 0 unspecified atom stereocenters. The normalized spacial score (nSPS) is 12.3. The van der Waals surface area contributed by atoms with Crippen molar-refractivity contribution in [2.75, 3.05) is 31.5 Å². The minimum absolute atomic E-state index is 0.0712. The van der Waals surface area contributed by atoms with Crippen molar-refractivity contribution in [2.45, 2.75) is 32.9 Å². The summed E-state index contributed by atoms with van der Waals surface area (Å²) in [7, 11) is -1.70. The summed E-state index contributed by atoms with van der Waals surface area (Å²) < 4.78 is 43.2. The second-order valence-electron chi connectivity index (χ2n) is 10.2. The Morgan fingerprint density at radius 3 is 2.15 bits per heavy atom. The Morgan fingerprint density at radius 2 is 1.54 bits per heavy atom. The van der Waals surface area contributed by atoms with Gasteiger partial charge in [-0.3, -0.25) is 9.59 Å². The van der Waals surface area contributed by atoms with E-state index in [2.05, 4.69) is 5.32 Å². The van der Waals surface area contributed by atoms with Crippen LogP contribution in [0.3, 0.4) is 0 Å². The fourth-order valence-corrected chi connectivity index (χ4v) is 5.40. The number of nitrogens with one attached hydrogen (secondary N) is 1. The van der Waals surface area contributed by atoms with Crippen molar-refractivity contribution in [1.29, 1.82) is 0 Å².